The maximum atomic E-state index is 5.57. The molecule has 0 unspecified atom stereocenters. The second kappa shape index (κ2) is 6.80. The van der Waals surface area contributed by atoms with Gasteiger partial charge in [-0.05, 0) is 29.3 Å². The van der Waals surface area contributed by atoms with Crippen LogP contribution >= 0.6 is 0 Å². The van der Waals surface area contributed by atoms with Gasteiger partial charge in [0.15, 0.2) is 11.5 Å². The number of amidine groups is 1. The second-order valence-corrected chi connectivity index (χ2v) is 6.69. The molecule has 0 saturated carbocycles. The van der Waals surface area contributed by atoms with Crippen LogP contribution in [0, 0.1) is 0 Å². The van der Waals surface area contributed by atoms with Crippen molar-refractivity contribution in [1.82, 2.24) is 4.90 Å². The number of aliphatic imine (C=N–C) groups is 1. The van der Waals surface area contributed by atoms with Crippen LogP contribution in [0.5, 0.6) is 11.5 Å². The lowest BCUT2D eigenvalue weighted by atomic mass is 9.96. The van der Waals surface area contributed by atoms with Crippen LogP contribution in [0.4, 0.5) is 0 Å². The molecule has 5 rings (SSSR count). The topological polar surface area (TPSA) is 34.1 Å². The van der Waals surface area contributed by atoms with E-state index in [-0.39, 0.29) is 12.8 Å². The number of hydrogen-bond donors (Lipinski definition) is 0. The van der Waals surface area contributed by atoms with Gasteiger partial charge in [0.05, 0.1) is 12.6 Å². The molecule has 0 aromatic heterocycles. The largest absolute Gasteiger partial charge is 0.454 e. The van der Waals surface area contributed by atoms with Gasteiger partial charge in [-0.1, -0.05) is 60.7 Å². The molecule has 2 heterocycles. The molecule has 0 atom stereocenters. The maximum Gasteiger partial charge on any atom is 0.231 e. The van der Waals surface area contributed by atoms with Gasteiger partial charge in [0.25, 0.3) is 0 Å². The molecular formula is C23H20N2O2. The third kappa shape index (κ3) is 2.93. The molecule has 0 aliphatic carbocycles. The molecule has 2 aliphatic rings. The lowest BCUT2D eigenvalue weighted by Gasteiger charge is -2.31. The lowest BCUT2D eigenvalue weighted by Crippen LogP contribution is -2.33. The zero-order valence-electron chi connectivity index (χ0n) is 14.9. The Balaban J connectivity index is 1.56. The van der Waals surface area contributed by atoms with Gasteiger partial charge in [-0.15, -0.1) is 0 Å². The summed E-state index contributed by atoms with van der Waals surface area (Å²) in [6.07, 6.45) is 0. The summed E-state index contributed by atoms with van der Waals surface area (Å²) in [4.78, 5) is 7.22. The molecule has 3 aromatic rings. The fourth-order valence-electron chi connectivity index (χ4n) is 3.83. The highest BCUT2D eigenvalue weighted by atomic mass is 16.7. The summed E-state index contributed by atoms with van der Waals surface area (Å²) in [5, 5.41) is 0. The highest BCUT2D eigenvalue weighted by Crippen LogP contribution is 2.36. The third-order valence-corrected chi connectivity index (χ3v) is 5.05. The Morgan fingerprint density at radius 2 is 1.44 bits per heavy atom. The van der Waals surface area contributed by atoms with Crippen molar-refractivity contribution >= 4 is 5.84 Å². The van der Waals surface area contributed by atoms with E-state index in [1.54, 1.807) is 0 Å². The van der Waals surface area contributed by atoms with Crippen molar-refractivity contribution in [2.45, 2.75) is 6.04 Å². The van der Waals surface area contributed by atoms with E-state index in [2.05, 4.69) is 71.6 Å². The molecule has 0 amide bonds. The number of benzene rings is 3. The van der Waals surface area contributed by atoms with E-state index < -0.39 is 0 Å². The molecule has 4 heteroatoms. The van der Waals surface area contributed by atoms with E-state index >= 15 is 0 Å². The summed E-state index contributed by atoms with van der Waals surface area (Å²) in [5.74, 6) is 2.59. The van der Waals surface area contributed by atoms with Crippen molar-refractivity contribution in [3.05, 3.63) is 95.6 Å². The number of nitrogens with zero attached hydrogens (tertiary/aromatic N) is 2. The van der Waals surface area contributed by atoms with Crippen molar-refractivity contribution in [2.24, 2.45) is 4.99 Å². The zero-order valence-corrected chi connectivity index (χ0v) is 14.9. The minimum atomic E-state index is 0.124. The number of ether oxygens (including phenoxy) is 2. The fraction of sp³-hybridized carbons (Fsp3) is 0.174. The van der Waals surface area contributed by atoms with Crippen LogP contribution in [0.1, 0.15) is 22.7 Å². The van der Waals surface area contributed by atoms with Gasteiger partial charge < -0.3 is 14.4 Å². The third-order valence-electron chi connectivity index (χ3n) is 5.05. The smallest absolute Gasteiger partial charge is 0.231 e. The van der Waals surface area contributed by atoms with E-state index in [1.165, 1.54) is 11.1 Å². The summed E-state index contributed by atoms with van der Waals surface area (Å²) < 4.78 is 11.0. The highest BCUT2D eigenvalue weighted by Gasteiger charge is 2.29. The molecule has 2 aliphatic heterocycles. The molecule has 0 spiro atoms. The molecule has 3 aromatic carbocycles. The first kappa shape index (κ1) is 15.9. The van der Waals surface area contributed by atoms with Crippen molar-refractivity contribution in [1.29, 1.82) is 0 Å². The normalized spacial score (nSPS) is 15.3. The molecule has 27 heavy (non-hydrogen) atoms. The first-order valence-corrected chi connectivity index (χ1v) is 9.21. The Hall–Kier alpha value is -3.27. The van der Waals surface area contributed by atoms with Gasteiger partial charge >= 0.3 is 0 Å². The minimum absolute atomic E-state index is 0.124. The Labute approximate surface area is 158 Å². The first-order chi connectivity index (χ1) is 13.4. The van der Waals surface area contributed by atoms with Crippen molar-refractivity contribution in [3.8, 4) is 11.5 Å². The average molecular weight is 356 g/mol. The Morgan fingerprint density at radius 1 is 0.778 bits per heavy atom. The summed E-state index contributed by atoms with van der Waals surface area (Å²) >= 11 is 0. The zero-order chi connectivity index (χ0) is 18.1. The van der Waals surface area contributed by atoms with Gasteiger partial charge in [-0.3, -0.25) is 4.99 Å². The molecule has 0 N–H and O–H groups in total. The molecule has 0 fully saturated rings. The number of fused-ring (bicyclic) bond motifs is 1. The van der Waals surface area contributed by atoms with Gasteiger partial charge in [0.1, 0.15) is 5.84 Å². The Morgan fingerprint density at radius 3 is 2.15 bits per heavy atom. The second-order valence-electron chi connectivity index (χ2n) is 6.69. The van der Waals surface area contributed by atoms with Gasteiger partial charge in [-0.2, -0.15) is 0 Å². The molecule has 134 valence electrons. The van der Waals surface area contributed by atoms with Crippen LogP contribution in [0.3, 0.4) is 0 Å². The van der Waals surface area contributed by atoms with Crippen LogP contribution in [0.2, 0.25) is 0 Å². The Bertz CT molecular complexity index is 931. The number of rotatable bonds is 4. The molecule has 0 bridgehead atoms. The number of hydrogen-bond acceptors (Lipinski definition) is 4. The highest BCUT2D eigenvalue weighted by molar-refractivity contribution is 6.00. The van der Waals surface area contributed by atoms with Gasteiger partial charge in [0.2, 0.25) is 6.79 Å². The summed E-state index contributed by atoms with van der Waals surface area (Å²) in [6, 6.07) is 27.4. The maximum absolute atomic E-state index is 5.57. The summed E-state index contributed by atoms with van der Waals surface area (Å²) in [7, 11) is 0. The molecule has 0 saturated heterocycles. The van der Waals surface area contributed by atoms with Crippen LogP contribution < -0.4 is 9.47 Å². The van der Waals surface area contributed by atoms with Crippen LogP contribution in [-0.2, 0) is 0 Å². The predicted molar refractivity (Wildman–Crippen MR) is 105 cm³/mol. The van der Waals surface area contributed by atoms with Crippen molar-refractivity contribution in [2.75, 3.05) is 19.9 Å². The van der Waals surface area contributed by atoms with E-state index in [0.717, 1.165) is 36.0 Å². The van der Waals surface area contributed by atoms with Gasteiger partial charge in [-0.25, -0.2) is 0 Å². The molecule has 4 nitrogen and oxygen atoms in total. The average Bonchev–Trinajstić information content (AvgIpc) is 3.39. The standard InChI is InChI=1S/C23H20N2O2/c1-3-7-17(8-4-1)22(18-9-5-2-6-10-18)25-14-13-24-23(25)19-11-12-20-21(15-19)27-16-26-20/h1-12,15,22H,13-14,16H2. The van der Waals surface area contributed by atoms with Gasteiger partial charge in [0, 0.05) is 12.1 Å². The van der Waals surface area contributed by atoms with E-state index in [4.69, 9.17) is 14.5 Å². The quantitative estimate of drug-likeness (QED) is 0.700. The lowest BCUT2D eigenvalue weighted by molar-refractivity contribution is 0.174. The van der Waals surface area contributed by atoms with Crippen LogP contribution in [0.25, 0.3) is 0 Å². The van der Waals surface area contributed by atoms with E-state index in [1.807, 2.05) is 12.1 Å². The fourth-order valence-corrected chi connectivity index (χ4v) is 3.83. The van der Waals surface area contributed by atoms with Crippen molar-refractivity contribution < 1.29 is 9.47 Å². The van der Waals surface area contributed by atoms with Crippen LogP contribution in [0.15, 0.2) is 83.9 Å². The Kier molecular flexibility index (Phi) is 4.02. The predicted octanol–water partition coefficient (Wildman–Crippen LogP) is 4.27. The monoisotopic (exact) mass is 356 g/mol. The molecule has 0 radical (unpaired) electrons. The summed E-state index contributed by atoms with van der Waals surface area (Å²) in [5.41, 5.74) is 3.59. The minimum Gasteiger partial charge on any atom is -0.454 e. The van der Waals surface area contributed by atoms with E-state index in [9.17, 15) is 0 Å². The van der Waals surface area contributed by atoms with Crippen molar-refractivity contribution in [3.63, 3.8) is 0 Å². The van der Waals surface area contributed by atoms with Crippen LogP contribution in [-0.4, -0.2) is 30.6 Å². The molecular weight excluding hydrogens is 336 g/mol. The SMILES string of the molecule is c1ccc(C(c2ccccc2)N2CCN=C2c2ccc3c(c2)OCO3)cc1. The first-order valence-electron chi connectivity index (χ1n) is 9.21. The van der Waals surface area contributed by atoms with E-state index in [0.29, 0.717) is 0 Å². The summed E-state index contributed by atoms with van der Waals surface area (Å²) in [6.45, 7) is 1.96.